The molecule has 1 aliphatic rings. The third-order valence-corrected chi connectivity index (χ3v) is 5.81. The number of H-pyrrole nitrogens is 1. The van der Waals surface area contributed by atoms with Crippen molar-refractivity contribution < 1.29 is 9.59 Å². The fourth-order valence-corrected chi connectivity index (χ4v) is 4.06. The van der Waals surface area contributed by atoms with E-state index < -0.39 is 11.7 Å². The molecule has 0 atom stereocenters. The van der Waals surface area contributed by atoms with Gasteiger partial charge >= 0.3 is 0 Å². The lowest BCUT2D eigenvalue weighted by molar-refractivity contribution is -0.112. The van der Waals surface area contributed by atoms with Gasteiger partial charge in [-0.2, -0.15) is 0 Å². The summed E-state index contributed by atoms with van der Waals surface area (Å²) in [5, 5.41) is 12.2. The molecule has 2 aromatic carbocycles. The predicted octanol–water partition coefficient (Wildman–Crippen LogP) is 4.44. The SMILES string of the molecule is O=C(Nc1ccc(-c2ccc(N3CCCCC3)nn2)cc1)C(=O)c1c[nH]c2ccccc12. The zero-order valence-corrected chi connectivity index (χ0v) is 17.5. The highest BCUT2D eigenvalue weighted by atomic mass is 16.2. The smallest absolute Gasteiger partial charge is 0.296 e. The highest BCUT2D eigenvalue weighted by Crippen LogP contribution is 2.23. The van der Waals surface area contributed by atoms with Crippen LogP contribution in [0.1, 0.15) is 29.6 Å². The fourth-order valence-electron chi connectivity index (χ4n) is 4.06. The molecule has 0 saturated carbocycles. The number of Topliss-reactive ketones (excluding diaryl/α,β-unsaturated/α-hetero) is 1. The van der Waals surface area contributed by atoms with Crippen LogP contribution in [0.15, 0.2) is 66.9 Å². The van der Waals surface area contributed by atoms with E-state index in [1.54, 1.807) is 18.3 Å². The van der Waals surface area contributed by atoms with Crippen molar-refractivity contribution in [3.05, 3.63) is 72.4 Å². The number of benzene rings is 2. The summed E-state index contributed by atoms with van der Waals surface area (Å²) in [6, 6.07) is 18.6. The van der Waals surface area contributed by atoms with Crippen molar-refractivity contribution in [1.29, 1.82) is 0 Å². The second kappa shape index (κ2) is 8.63. The number of rotatable bonds is 5. The van der Waals surface area contributed by atoms with Crippen molar-refractivity contribution in [3.8, 4) is 11.3 Å². The lowest BCUT2D eigenvalue weighted by Gasteiger charge is -2.27. The number of nitrogens with one attached hydrogen (secondary N) is 2. The molecule has 2 N–H and O–H groups in total. The van der Waals surface area contributed by atoms with E-state index in [0.29, 0.717) is 11.3 Å². The van der Waals surface area contributed by atoms with Gasteiger partial charge in [0.2, 0.25) is 0 Å². The normalized spacial score (nSPS) is 13.8. The summed E-state index contributed by atoms with van der Waals surface area (Å²) in [4.78, 5) is 30.4. The monoisotopic (exact) mass is 425 g/mol. The lowest BCUT2D eigenvalue weighted by atomic mass is 10.1. The van der Waals surface area contributed by atoms with Gasteiger partial charge < -0.3 is 15.2 Å². The fraction of sp³-hybridized carbons (Fsp3) is 0.200. The molecule has 3 heterocycles. The zero-order chi connectivity index (χ0) is 21.9. The summed E-state index contributed by atoms with van der Waals surface area (Å²) < 4.78 is 0. The Labute approximate surface area is 185 Å². The van der Waals surface area contributed by atoms with Crippen LogP contribution in [-0.2, 0) is 4.79 Å². The van der Waals surface area contributed by atoms with E-state index in [2.05, 4.69) is 25.4 Å². The quantitative estimate of drug-likeness (QED) is 0.364. The Morgan fingerprint density at radius 1 is 0.875 bits per heavy atom. The van der Waals surface area contributed by atoms with E-state index in [9.17, 15) is 9.59 Å². The number of para-hydroxylation sites is 1. The van der Waals surface area contributed by atoms with Crippen molar-refractivity contribution in [3.63, 3.8) is 0 Å². The second-order valence-corrected chi connectivity index (χ2v) is 7.93. The maximum absolute atomic E-state index is 12.6. The Hall–Kier alpha value is -4.00. The molecule has 7 nitrogen and oxygen atoms in total. The van der Waals surface area contributed by atoms with Gasteiger partial charge in [0.15, 0.2) is 5.82 Å². The Bertz CT molecular complexity index is 1260. The van der Waals surface area contributed by atoms with Crippen LogP contribution in [-0.4, -0.2) is 40.0 Å². The first-order chi connectivity index (χ1) is 15.7. The molecule has 0 unspecified atom stereocenters. The Balaban J connectivity index is 1.26. The average Bonchev–Trinajstić information content (AvgIpc) is 3.29. The minimum atomic E-state index is -0.673. The van der Waals surface area contributed by atoms with Crippen LogP contribution in [0, 0.1) is 0 Å². The van der Waals surface area contributed by atoms with Gasteiger partial charge in [0.05, 0.1) is 11.3 Å². The zero-order valence-electron chi connectivity index (χ0n) is 17.5. The van der Waals surface area contributed by atoms with Crippen molar-refractivity contribution >= 4 is 34.1 Å². The Morgan fingerprint density at radius 3 is 2.41 bits per heavy atom. The number of carbonyl (C=O) groups is 2. The van der Waals surface area contributed by atoms with Gasteiger partial charge in [-0.1, -0.05) is 30.3 Å². The summed E-state index contributed by atoms with van der Waals surface area (Å²) in [5.74, 6) is -0.341. The number of aromatic amines is 1. The number of hydrogen-bond donors (Lipinski definition) is 2. The Morgan fingerprint density at radius 2 is 1.66 bits per heavy atom. The number of carbonyl (C=O) groups excluding carboxylic acids is 2. The predicted molar refractivity (Wildman–Crippen MR) is 125 cm³/mol. The number of aromatic nitrogens is 3. The topological polar surface area (TPSA) is 91.0 Å². The second-order valence-electron chi connectivity index (χ2n) is 7.93. The van der Waals surface area contributed by atoms with E-state index >= 15 is 0 Å². The molecule has 32 heavy (non-hydrogen) atoms. The Kier molecular flexibility index (Phi) is 5.37. The van der Waals surface area contributed by atoms with Crippen LogP contribution in [0.4, 0.5) is 11.5 Å². The highest BCUT2D eigenvalue weighted by Gasteiger charge is 2.20. The van der Waals surface area contributed by atoms with Gasteiger partial charge in [-0.05, 0) is 49.6 Å². The largest absolute Gasteiger partial charge is 0.360 e. The van der Waals surface area contributed by atoms with Crippen LogP contribution in [0.3, 0.4) is 0 Å². The number of anilines is 2. The van der Waals surface area contributed by atoms with E-state index in [1.165, 1.54) is 19.3 Å². The van der Waals surface area contributed by atoms with Crippen LogP contribution >= 0.6 is 0 Å². The summed E-state index contributed by atoms with van der Waals surface area (Å²) in [6.45, 7) is 2.05. The van der Waals surface area contributed by atoms with Gasteiger partial charge in [-0.3, -0.25) is 9.59 Å². The van der Waals surface area contributed by atoms with Crippen LogP contribution in [0.5, 0.6) is 0 Å². The number of nitrogens with zero attached hydrogens (tertiary/aromatic N) is 3. The molecule has 4 aromatic rings. The summed E-state index contributed by atoms with van der Waals surface area (Å²) >= 11 is 0. The first kappa shape index (κ1) is 19.9. The number of hydrogen-bond acceptors (Lipinski definition) is 5. The molecular weight excluding hydrogens is 402 g/mol. The maximum Gasteiger partial charge on any atom is 0.296 e. The molecule has 0 aliphatic carbocycles. The van der Waals surface area contributed by atoms with E-state index in [1.807, 2.05) is 48.5 Å². The van der Waals surface area contributed by atoms with Crippen molar-refractivity contribution in [2.24, 2.45) is 0 Å². The summed E-state index contributed by atoms with van der Waals surface area (Å²) in [5.41, 5.74) is 3.38. The molecule has 160 valence electrons. The van der Waals surface area contributed by atoms with Gasteiger partial charge in [-0.15, -0.1) is 10.2 Å². The minimum Gasteiger partial charge on any atom is -0.360 e. The van der Waals surface area contributed by atoms with Crippen LogP contribution < -0.4 is 10.2 Å². The highest BCUT2D eigenvalue weighted by molar-refractivity contribution is 6.48. The molecule has 1 amide bonds. The molecule has 5 rings (SSSR count). The van der Waals surface area contributed by atoms with Crippen molar-refractivity contribution in [1.82, 2.24) is 15.2 Å². The van der Waals surface area contributed by atoms with Crippen molar-refractivity contribution in [2.75, 3.05) is 23.3 Å². The van der Waals surface area contributed by atoms with Crippen LogP contribution in [0.2, 0.25) is 0 Å². The molecule has 0 radical (unpaired) electrons. The molecular formula is C25H23N5O2. The molecule has 7 heteroatoms. The third kappa shape index (κ3) is 3.97. The molecule has 2 aromatic heterocycles. The first-order valence-electron chi connectivity index (χ1n) is 10.8. The van der Waals surface area contributed by atoms with Crippen molar-refractivity contribution in [2.45, 2.75) is 19.3 Å². The van der Waals surface area contributed by atoms with E-state index in [0.717, 1.165) is 41.1 Å². The maximum atomic E-state index is 12.6. The van der Waals surface area contributed by atoms with Gasteiger partial charge in [0.1, 0.15) is 0 Å². The van der Waals surface area contributed by atoms with E-state index in [4.69, 9.17) is 0 Å². The number of piperidine rings is 1. The van der Waals surface area contributed by atoms with Crippen LogP contribution in [0.25, 0.3) is 22.2 Å². The average molecular weight is 425 g/mol. The van der Waals surface area contributed by atoms with Gasteiger partial charge in [0.25, 0.3) is 11.7 Å². The third-order valence-electron chi connectivity index (χ3n) is 5.81. The summed E-state index contributed by atoms with van der Waals surface area (Å²) in [6.07, 6.45) is 5.24. The standard InChI is InChI=1S/C25H23N5O2/c31-24(20-16-26-22-7-3-2-6-19(20)22)25(32)27-18-10-8-17(9-11-18)21-12-13-23(29-28-21)30-14-4-1-5-15-30/h2-3,6-13,16,26H,1,4-5,14-15H2,(H,27,32). The van der Waals surface area contributed by atoms with Gasteiger partial charge in [0, 0.05) is 41.4 Å². The number of amides is 1. The first-order valence-corrected chi connectivity index (χ1v) is 10.8. The molecule has 0 bridgehead atoms. The van der Waals surface area contributed by atoms with E-state index in [-0.39, 0.29) is 0 Å². The number of fused-ring (bicyclic) bond motifs is 1. The van der Waals surface area contributed by atoms with Gasteiger partial charge in [-0.25, -0.2) is 0 Å². The number of ketones is 1. The molecule has 1 saturated heterocycles. The molecule has 1 aliphatic heterocycles. The summed E-state index contributed by atoms with van der Waals surface area (Å²) in [7, 11) is 0. The lowest BCUT2D eigenvalue weighted by Crippen LogP contribution is -2.30. The molecule has 1 fully saturated rings. The molecule has 0 spiro atoms. The minimum absolute atomic E-state index is 0.360.